The second-order valence-electron chi connectivity index (χ2n) is 5.12. The van der Waals surface area contributed by atoms with Crippen LogP contribution in [0.2, 0.25) is 5.02 Å². The number of carbonyl (C=O) groups is 1. The van der Waals surface area contributed by atoms with Crippen molar-refractivity contribution in [2.24, 2.45) is 11.8 Å². The molecule has 1 aliphatic heterocycles. The molecule has 0 spiro atoms. The number of amides is 1. The first-order valence-electron chi connectivity index (χ1n) is 6.23. The summed E-state index contributed by atoms with van der Waals surface area (Å²) >= 11 is 5.81. The van der Waals surface area contributed by atoms with Gasteiger partial charge in [-0.2, -0.15) is 0 Å². The van der Waals surface area contributed by atoms with Crippen LogP contribution in [0.25, 0.3) is 0 Å². The second kappa shape index (κ2) is 5.27. The van der Waals surface area contributed by atoms with Gasteiger partial charge in [0.1, 0.15) is 5.82 Å². The average molecular weight is 270 g/mol. The molecule has 2 unspecified atom stereocenters. The van der Waals surface area contributed by atoms with E-state index >= 15 is 0 Å². The first-order valence-corrected chi connectivity index (χ1v) is 6.61. The fourth-order valence-electron chi connectivity index (χ4n) is 2.28. The van der Waals surface area contributed by atoms with Gasteiger partial charge in [0.15, 0.2) is 0 Å². The summed E-state index contributed by atoms with van der Waals surface area (Å²) in [6.45, 7) is 5.69. The number of likely N-dealkylation sites (tertiary alicyclic amines) is 1. The van der Waals surface area contributed by atoms with E-state index in [0.717, 1.165) is 6.42 Å². The molecule has 2 nitrogen and oxygen atoms in total. The molecule has 1 aliphatic rings. The Labute approximate surface area is 112 Å². The molecular formula is C14H17ClFNO. The lowest BCUT2D eigenvalue weighted by molar-refractivity contribution is 0.0623. The Hall–Kier alpha value is -1.09. The Morgan fingerprint density at radius 2 is 2.11 bits per heavy atom. The van der Waals surface area contributed by atoms with Crippen molar-refractivity contribution in [3.8, 4) is 0 Å². The predicted molar refractivity (Wildman–Crippen MR) is 70.3 cm³/mol. The third kappa shape index (κ3) is 2.66. The molecule has 2 rings (SSSR count). The van der Waals surface area contributed by atoms with Crippen LogP contribution in [0.4, 0.5) is 4.39 Å². The summed E-state index contributed by atoms with van der Waals surface area (Å²) in [5.74, 6) is 0.299. The SMILES string of the molecule is CC1CCN(C(=O)c2cc(Cl)ccc2F)CC1C. The van der Waals surface area contributed by atoms with Crippen molar-refractivity contribution in [3.63, 3.8) is 0 Å². The molecule has 1 amide bonds. The normalized spacial score (nSPS) is 24.1. The van der Waals surface area contributed by atoms with Crippen LogP contribution in [0.3, 0.4) is 0 Å². The third-order valence-electron chi connectivity index (χ3n) is 3.78. The minimum atomic E-state index is -0.504. The maximum atomic E-state index is 13.6. The summed E-state index contributed by atoms with van der Waals surface area (Å²) in [6.07, 6.45) is 0.967. The summed E-state index contributed by atoms with van der Waals surface area (Å²) < 4.78 is 13.6. The van der Waals surface area contributed by atoms with Gasteiger partial charge in [-0.3, -0.25) is 4.79 Å². The summed E-state index contributed by atoms with van der Waals surface area (Å²) in [7, 11) is 0. The number of carbonyl (C=O) groups excluding carboxylic acids is 1. The Balaban J connectivity index is 2.19. The quantitative estimate of drug-likeness (QED) is 0.763. The zero-order chi connectivity index (χ0) is 13.3. The molecule has 1 saturated heterocycles. The first-order chi connectivity index (χ1) is 8.49. The van der Waals surface area contributed by atoms with E-state index in [0.29, 0.717) is 29.9 Å². The lowest BCUT2D eigenvalue weighted by Gasteiger charge is -2.35. The minimum absolute atomic E-state index is 0.0734. The van der Waals surface area contributed by atoms with Gasteiger partial charge < -0.3 is 4.90 Å². The van der Waals surface area contributed by atoms with Gasteiger partial charge in [-0.1, -0.05) is 25.4 Å². The second-order valence-corrected chi connectivity index (χ2v) is 5.56. The summed E-state index contributed by atoms with van der Waals surface area (Å²) in [5.41, 5.74) is 0.0734. The third-order valence-corrected chi connectivity index (χ3v) is 4.02. The van der Waals surface area contributed by atoms with E-state index in [2.05, 4.69) is 13.8 Å². The maximum Gasteiger partial charge on any atom is 0.256 e. The van der Waals surface area contributed by atoms with E-state index in [9.17, 15) is 9.18 Å². The molecule has 0 saturated carbocycles. The molecule has 0 N–H and O–H groups in total. The Morgan fingerprint density at radius 1 is 1.39 bits per heavy atom. The van der Waals surface area contributed by atoms with Crippen molar-refractivity contribution >= 4 is 17.5 Å². The highest BCUT2D eigenvalue weighted by Gasteiger charge is 2.27. The van der Waals surface area contributed by atoms with Gasteiger partial charge in [-0.05, 0) is 36.5 Å². The molecule has 4 heteroatoms. The van der Waals surface area contributed by atoms with E-state index in [4.69, 9.17) is 11.6 Å². The molecule has 1 fully saturated rings. The Bertz CT molecular complexity index is 463. The van der Waals surface area contributed by atoms with Gasteiger partial charge in [0.05, 0.1) is 5.56 Å². The predicted octanol–water partition coefficient (Wildman–Crippen LogP) is 3.60. The van der Waals surface area contributed by atoms with Crippen molar-refractivity contribution in [1.82, 2.24) is 4.90 Å². The van der Waals surface area contributed by atoms with E-state index in [1.807, 2.05) is 0 Å². The van der Waals surface area contributed by atoms with Gasteiger partial charge >= 0.3 is 0 Å². The van der Waals surface area contributed by atoms with Crippen molar-refractivity contribution in [3.05, 3.63) is 34.6 Å². The van der Waals surface area contributed by atoms with Crippen LogP contribution in [0.1, 0.15) is 30.6 Å². The molecule has 1 aromatic rings. The van der Waals surface area contributed by atoms with Crippen molar-refractivity contribution in [2.45, 2.75) is 20.3 Å². The molecule has 0 aromatic heterocycles. The lowest BCUT2D eigenvalue weighted by Crippen LogP contribution is -2.42. The van der Waals surface area contributed by atoms with Gasteiger partial charge in [0.2, 0.25) is 0 Å². The Kier molecular flexibility index (Phi) is 3.91. The fraction of sp³-hybridized carbons (Fsp3) is 0.500. The summed E-state index contributed by atoms with van der Waals surface area (Å²) in [6, 6.07) is 4.10. The first kappa shape index (κ1) is 13.3. The zero-order valence-electron chi connectivity index (χ0n) is 10.6. The van der Waals surface area contributed by atoms with Crippen molar-refractivity contribution in [1.29, 1.82) is 0 Å². The molecule has 0 bridgehead atoms. The highest BCUT2D eigenvalue weighted by molar-refractivity contribution is 6.31. The molecule has 98 valence electrons. The number of hydrogen-bond acceptors (Lipinski definition) is 1. The maximum absolute atomic E-state index is 13.6. The fourth-order valence-corrected chi connectivity index (χ4v) is 2.45. The van der Waals surface area contributed by atoms with E-state index in [-0.39, 0.29) is 11.5 Å². The Morgan fingerprint density at radius 3 is 2.78 bits per heavy atom. The number of rotatable bonds is 1. The van der Waals surface area contributed by atoms with E-state index in [1.165, 1.54) is 18.2 Å². The van der Waals surface area contributed by atoms with E-state index in [1.54, 1.807) is 4.90 Å². The number of nitrogens with zero attached hydrogens (tertiary/aromatic N) is 1. The molecule has 1 aromatic carbocycles. The zero-order valence-corrected chi connectivity index (χ0v) is 11.4. The van der Waals surface area contributed by atoms with Crippen LogP contribution >= 0.6 is 11.6 Å². The van der Waals surface area contributed by atoms with Crippen molar-refractivity contribution in [2.75, 3.05) is 13.1 Å². The topological polar surface area (TPSA) is 20.3 Å². The smallest absolute Gasteiger partial charge is 0.256 e. The van der Waals surface area contributed by atoms with Crippen LogP contribution in [0.15, 0.2) is 18.2 Å². The van der Waals surface area contributed by atoms with Gasteiger partial charge in [-0.25, -0.2) is 4.39 Å². The van der Waals surface area contributed by atoms with Crippen LogP contribution in [-0.4, -0.2) is 23.9 Å². The highest BCUT2D eigenvalue weighted by Crippen LogP contribution is 2.25. The largest absolute Gasteiger partial charge is 0.338 e. The summed E-state index contributed by atoms with van der Waals surface area (Å²) in [5, 5.41) is 0.387. The number of halogens is 2. The molecule has 0 radical (unpaired) electrons. The van der Waals surface area contributed by atoms with Crippen LogP contribution < -0.4 is 0 Å². The molecule has 0 aliphatic carbocycles. The molecule has 1 heterocycles. The van der Waals surface area contributed by atoms with Crippen LogP contribution in [-0.2, 0) is 0 Å². The summed E-state index contributed by atoms with van der Waals surface area (Å²) in [4.78, 5) is 14.0. The number of hydrogen-bond donors (Lipinski definition) is 0. The van der Waals surface area contributed by atoms with Gasteiger partial charge in [0.25, 0.3) is 5.91 Å². The number of benzene rings is 1. The van der Waals surface area contributed by atoms with Crippen LogP contribution in [0.5, 0.6) is 0 Å². The van der Waals surface area contributed by atoms with E-state index < -0.39 is 5.82 Å². The number of piperidine rings is 1. The minimum Gasteiger partial charge on any atom is -0.338 e. The molecular weight excluding hydrogens is 253 g/mol. The standard InChI is InChI=1S/C14H17ClFNO/c1-9-5-6-17(8-10(9)2)14(18)12-7-11(15)3-4-13(12)16/h3-4,7,9-10H,5-6,8H2,1-2H3. The average Bonchev–Trinajstić information content (AvgIpc) is 2.35. The monoisotopic (exact) mass is 269 g/mol. The van der Waals surface area contributed by atoms with Gasteiger partial charge in [0, 0.05) is 18.1 Å². The highest BCUT2D eigenvalue weighted by atomic mass is 35.5. The van der Waals surface area contributed by atoms with Crippen molar-refractivity contribution < 1.29 is 9.18 Å². The lowest BCUT2D eigenvalue weighted by atomic mass is 9.88. The van der Waals surface area contributed by atoms with Gasteiger partial charge in [-0.15, -0.1) is 0 Å². The molecule has 2 atom stereocenters. The molecule has 18 heavy (non-hydrogen) atoms. The van der Waals surface area contributed by atoms with Crippen LogP contribution in [0, 0.1) is 17.7 Å².